The Morgan fingerprint density at radius 3 is 1.73 bits per heavy atom. The van der Waals surface area contributed by atoms with Crippen molar-refractivity contribution in [1.82, 2.24) is 0 Å². The molecular weight excluding hydrogens is 316 g/mol. The molecule has 0 saturated carbocycles. The molecule has 1 aromatic rings. The van der Waals surface area contributed by atoms with Crippen molar-refractivity contribution in [3.05, 3.63) is 31.2 Å². The van der Waals surface area contributed by atoms with Crippen LogP contribution in [0.15, 0.2) is 8.95 Å². The van der Waals surface area contributed by atoms with Crippen LogP contribution >= 0.6 is 31.9 Å². The topological polar surface area (TPSA) is 0 Å². The van der Waals surface area contributed by atoms with E-state index in [-0.39, 0.29) is 0 Å². The summed E-state index contributed by atoms with van der Waals surface area (Å²) < 4.78 is 2.61. The van der Waals surface area contributed by atoms with E-state index < -0.39 is 0 Å². The fourth-order valence-electron chi connectivity index (χ4n) is 1.93. The lowest BCUT2D eigenvalue weighted by atomic mass is 9.95. The molecule has 0 aliphatic carbocycles. The summed E-state index contributed by atoms with van der Waals surface area (Å²) in [5.41, 5.74) is 5.67. The highest BCUT2D eigenvalue weighted by Crippen LogP contribution is 2.35. The average Bonchev–Trinajstić information content (AvgIpc) is 2.24. The fraction of sp³-hybridized carbons (Fsp3) is 0.538. The molecule has 1 rings (SSSR count). The molecule has 15 heavy (non-hydrogen) atoms. The van der Waals surface area contributed by atoms with Gasteiger partial charge >= 0.3 is 0 Å². The summed E-state index contributed by atoms with van der Waals surface area (Å²) in [6.45, 7) is 8.82. The summed E-state index contributed by atoms with van der Waals surface area (Å²) in [6, 6.07) is 0. The molecule has 2 heteroatoms. The first-order chi connectivity index (χ1) is 7.04. The van der Waals surface area contributed by atoms with Crippen molar-refractivity contribution in [2.24, 2.45) is 0 Å². The lowest BCUT2D eigenvalue weighted by molar-refractivity contribution is 0.885. The van der Waals surface area contributed by atoms with E-state index in [0.29, 0.717) is 0 Å². The summed E-state index contributed by atoms with van der Waals surface area (Å²) in [7, 11) is 0. The molecular formula is C13H18Br2. The van der Waals surface area contributed by atoms with Crippen LogP contribution in [0.25, 0.3) is 0 Å². The minimum Gasteiger partial charge on any atom is -0.0651 e. The van der Waals surface area contributed by atoms with Crippen molar-refractivity contribution in [3.8, 4) is 0 Å². The van der Waals surface area contributed by atoms with Gasteiger partial charge in [0.1, 0.15) is 0 Å². The van der Waals surface area contributed by atoms with Crippen LogP contribution in [0.3, 0.4) is 0 Å². The van der Waals surface area contributed by atoms with Crippen LogP contribution < -0.4 is 0 Å². The summed E-state index contributed by atoms with van der Waals surface area (Å²) in [6.07, 6.45) is 3.44. The van der Waals surface area contributed by atoms with Gasteiger partial charge in [-0.3, -0.25) is 0 Å². The van der Waals surface area contributed by atoms with Crippen LogP contribution in [-0.2, 0) is 12.8 Å². The van der Waals surface area contributed by atoms with Crippen molar-refractivity contribution in [2.45, 2.75) is 47.0 Å². The third-order valence-electron chi connectivity index (χ3n) is 2.97. The molecule has 0 aromatic heterocycles. The average molecular weight is 334 g/mol. The molecule has 0 nitrogen and oxygen atoms in total. The van der Waals surface area contributed by atoms with Crippen LogP contribution in [-0.4, -0.2) is 0 Å². The van der Waals surface area contributed by atoms with Gasteiger partial charge in [0.15, 0.2) is 0 Å². The van der Waals surface area contributed by atoms with Gasteiger partial charge in [0.25, 0.3) is 0 Å². The highest BCUT2D eigenvalue weighted by Gasteiger charge is 2.14. The van der Waals surface area contributed by atoms with Crippen LogP contribution in [0.4, 0.5) is 0 Å². The van der Waals surface area contributed by atoms with E-state index in [1.165, 1.54) is 37.6 Å². The molecule has 0 spiro atoms. The molecule has 0 unspecified atom stereocenters. The molecule has 0 radical (unpaired) electrons. The maximum absolute atomic E-state index is 3.74. The van der Waals surface area contributed by atoms with Crippen LogP contribution in [0.2, 0.25) is 0 Å². The number of hydrogen-bond donors (Lipinski definition) is 0. The molecule has 0 N–H and O–H groups in total. The smallest absolute Gasteiger partial charge is 0.0242 e. The third kappa shape index (κ3) is 2.47. The number of rotatable bonds is 3. The molecule has 0 saturated heterocycles. The SMILES string of the molecule is CCCc1c(Br)c(C)c(C)c(Br)c1CC. The van der Waals surface area contributed by atoms with E-state index in [2.05, 4.69) is 59.6 Å². The van der Waals surface area contributed by atoms with Crippen LogP contribution in [0, 0.1) is 13.8 Å². The van der Waals surface area contributed by atoms with E-state index >= 15 is 0 Å². The normalized spacial score (nSPS) is 10.8. The summed E-state index contributed by atoms with van der Waals surface area (Å²) in [5, 5.41) is 0. The third-order valence-corrected chi connectivity index (χ3v) is 5.12. The van der Waals surface area contributed by atoms with Crippen molar-refractivity contribution < 1.29 is 0 Å². The second-order valence-corrected chi connectivity index (χ2v) is 5.52. The van der Waals surface area contributed by atoms with Gasteiger partial charge in [0, 0.05) is 8.95 Å². The fourth-order valence-corrected chi connectivity index (χ4v) is 3.48. The monoisotopic (exact) mass is 332 g/mol. The predicted octanol–water partition coefficient (Wildman–Crippen LogP) is 5.34. The Labute approximate surface area is 110 Å². The lowest BCUT2D eigenvalue weighted by Crippen LogP contribution is -2.01. The maximum Gasteiger partial charge on any atom is 0.0242 e. The summed E-state index contributed by atoms with van der Waals surface area (Å²) >= 11 is 7.46. The zero-order valence-electron chi connectivity index (χ0n) is 9.88. The Kier molecular flexibility index (Phi) is 4.85. The lowest BCUT2D eigenvalue weighted by Gasteiger charge is -2.17. The van der Waals surface area contributed by atoms with E-state index in [1.807, 2.05) is 0 Å². The largest absolute Gasteiger partial charge is 0.0651 e. The highest BCUT2D eigenvalue weighted by atomic mass is 79.9. The Bertz CT molecular complexity index is 368. The first-order valence-corrected chi connectivity index (χ1v) is 7.09. The number of halogens is 2. The molecule has 0 aliphatic rings. The first kappa shape index (κ1) is 13.2. The minimum atomic E-state index is 1.09. The van der Waals surface area contributed by atoms with Crippen LogP contribution in [0.5, 0.6) is 0 Å². The molecule has 1 aromatic carbocycles. The van der Waals surface area contributed by atoms with Gasteiger partial charge < -0.3 is 0 Å². The van der Waals surface area contributed by atoms with Gasteiger partial charge in [0.05, 0.1) is 0 Å². The first-order valence-electron chi connectivity index (χ1n) is 5.50. The van der Waals surface area contributed by atoms with Gasteiger partial charge in [-0.15, -0.1) is 0 Å². The summed E-state index contributed by atoms with van der Waals surface area (Å²) in [4.78, 5) is 0. The zero-order chi connectivity index (χ0) is 11.6. The molecule has 0 aliphatic heterocycles. The standard InChI is InChI=1S/C13H18Br2/c1-5-7-11-10(6-2)12(14)8(3)9(4)13(11)15/h5-7H2,1-4H3. The van der Waals surface area contributed by atoms with E-state index in [9.17, 15) is 0 Å². The summed E-state index contributed by atoms with van der Waals surface area (Å²) in [5.74, 6) is 0. The van der Waals surface area contributed by atoms with Crippen molar-refractivity contribution in [2.75, 3.05) is 0 Å². The van der Waals surface area contributed by atoms with E-state index in [4.69, 9.17) is 0 Å². The number of hydrogen-bond acceptors (Lipinski definition) is 0. The van der Waals surface area contributed by atoms with Crippen molar-refractivity contribution in [1.29, 1.82) is 0 Å². The predicted molar refractivity (Wildman–Crippen MR) is 74.7 cm³/mol. The van der Waals surface area contributed by atoms with E-state index in [0.717, 1.165) is 12.8 Å². The molecule has 0 fully saturated rings. The van der Waals surface area contributed by atoms with Crippen molar-refractivity contribution >= 4 is 31.9 Å². The quantitative estimate of drug-likeness (QED) is 0.700. The van der Waals surface area contributed by atoms with Gasteiger partial charge in [0.2, 0.25) is 0 Å². The Morgan fingerprint density at radius 2 is 1.33 bits per heavy atom. The Morgan fingerprint density at radius 1 is 0.867 bits per heavy atom. The molecule has 84 valence electrons. The second-order valence-electron chi connectivity index (χ2n) is 3.94. The van der Waals surface area contributed by atoms with Gasteiger partial charge in [-0.1, -0.05) is 52.1 Å². The molecule has 0 amide bonds. The minimum absolute atomic E-state index is 1.09. The zero-order valence-corrected chi connectivity index (χ0v) is 13.0. The van der Waals surface area contributed by atoms with Gasteiger partial charge in [-0.2, -0.15) is 0 Å². The molecule has 0 atom stereocenters. The van der Waals surface area contributed by atoms with Crippen LogP contribution in [0.1, 0.15) is 42.5 Å². The highest BCUT2D eigenvalue weighted by molar-refractivity contribution is 9.11. The number of benzene rings is 1. The molecule has 0 bridgehead atoms. The van der Waals surface area contributed by atoms with Gasteiger partial charge in [-0.05, 0) is 48.9 Å². The Hall–Kier alpha value is 0.180. The Balaban J connectivity index is 3.47. The second kappa shape index (κ2) is 5.49. The van der Waals surface area contributed by atoms with E-state index in [1.54, 1.807) is 0 Å². The maximum atomic E-state index is 3.74. The molecule has 0 heterocycles. The van der Waals surface area contributed by atoms with Gasteiger partial charge in [-0.25, -0.2) is 0 Å². The van der Waals surface area contributed by atoms with Crippen molar-refractivity contribution in [3.63, 3.8) is 0 Å².